The highest BCUT2D eigenvalue weighted by atomic mass is 16.6. The van der Waals surface area contributed by atoms with E-state index in [1.165, 1.54) is 5.56 Å². The lowest BCUT2D eigenvalue weighted by atomic mass is 10.1. The Balaban J connectivity index is 1.47. The van der Waals surface area contributed by atoms with Crippen molar-refractivity contribution in [2.75, 3.05) is 13.1 Å². The molecule has 1 aromatic carbocycles. The molecule has 0 spiro atoms. The summed E-state index contributed by atoms with van der Waals surface area (Å²) in [5.74, 6) is -0.0907. The molecule has 126 valence electrons. The van der Waals surface area contributed by atoms with E-state index in [0.29, 0.717) is 30.9 Å². The topological polar surface area (TPSA) is 88.3 Å². The van der Waals surface area contributed by atoms with Crippen LogP contribution in [0.2, 0.25) is 0 Å². The Labute approximate surface area is 140 Å². The second-order valence-corrected chi connectivity index (χ2v) is 6.02. The molecule has 0 unspecified atom stereocenters. The number of likely N-dealkylation sites (tertiary alicyclic amines) is 1. The van der Waals surface area contributed by atoms with Crippen LogP contribution >= 0.6 is 0 Å². The molecular formula is C17H20N4O3. The van der Waals surface area contributed by atoms with Crippen molar-refractivity contribution in [1.82, 2.24) is 20.5 Å². The largest absolute Gasteiger partial charge is 0.351 e. The highest BCUT2D eigenvalue weighted by molar-refractivity contribution is 5.83. The van der Waals surface area contributed by atoms with Crippen LogP contribution in [0.1, 0.15) is 23.4 Å². The zero-order valence-corrected chi connectivity index (χ0v) is 13.6. The summed E-state index contributed by atoms with van der Waals surface area (Å²) < 4.78 is 4.58. The molecule has 1 fully saturated rings. The zero-order valence-electron chi connectivity index (χ0n) is 13.6. The molecule has 0 bridgehead atoms. The molecule has 2 amide bonds. The van der Waals surface area contributed by atoms with E-state index in [-0.39, 0.29) is 24.3 Å². The first-order valence-corrected chi connectivity index (χ1v) is 8.01. The number of nitrogens with one attached hydrogen (secondary N) is 1. The minimum Gasteiger partial charge on any atom is -0.351 e. The van der Waals surface area contributed by atoms with Crippen LogP contribution < -0.4 is 5.32 Å². The van der Waals surface area contributed by atoms with Crippen molar-refractivity contribution < 1.29 is 14.2 Å². The van der Waals surface area contributed by atoms with Crippen LogP contribution in [0.3, 0.4) is 0 Å². The van der Waals surface area contributed by atoms with Crippen LogP contribution in [-0.4, -0.2) is 46.2 Å². The normalized spacial score (nSPS) is 17.3. The quantitative estimate of drug-likeness (QED) is 0.850. The predicted molar refractivity (Wildman–Crippen MR) is 86.0 cm³/mol. The molecule has 1 saturated heterocycles. The molecule has 3 rings (SSSR count). The minimum atomic E-state index is -0.170. The number of aryl methyl sites for hydroxylation is 1. The van der Waals surface area contributed by atoms with Gasteiger partial charge >= 0.3 is 0 Å². The van der Waals surface area contributed by atoms with Crippen LogP contribution in [0.25, 0.3) is 0 Å². The summed E-state index contributed by atoms with van der Waals surface area (Å²) in [7, 11) is 0. The molecule has 0 saturated carbocycles. The molecule has 1 aromatic heterocycles. The van der Waals surface area contributed by atoms with Crippen LogP contribution in [0.15, 0.2) is 35.0 Å². The standard InChI is InChI=1S/C17H20N4O3/c1-12-15(20-24-19-12)10-16(22)18-14-9-17(23)21(11-14)8-7-13-5-3-2-4-6-13/h2-6,14H,7-11H2,1H3,(H,18,22)/t14-/m0/s1. The summed E-state index contributed by atoms with van der Waals surface area (Å²) in [4.78, 5) is 26.0. The first kappa shape index (κ1) is 16.2. The van der Waals surface area contributed by atoms with Crippen LogP contribution in [0.5, 0.6) is 0 Å². The third-order valence-corrected chi connectivity index (χ3v) is 4.17. The summed E-state index contributed by atoms with van der Waals surface area (Å²) in [5.41, 5.74) is 2.33. The Morgan fingerprint density at radius 3 is 2.83 bits per heavy atom. The van der Waals surface area contributed by atoms with E-state index in [2.05, 4.69) is 20.3 Å². The van der Waals surface area contributed by atoms with E-state index in [0.717, 1.165) is 6.42 Å². The van der Waals surface area contributed by atoms with Crippen LogP contribution in [-0.2, 0) is 22.4 Å². The average Bonchev–Trinajstić information content (AvgIpc) is 3.12. The molecule has 0 aliphatic carbocycles. The van der Waals surface area contributed by atoms with Gasteiger partial charge in [-0.05, 0) is 18.9 Å². The number of carbonyl (C=O) groups is 2. The van der Waals surface area contributed by atoms with Gasteiger partial charge in [0.25, 0.3) is 0 Å². The van der Waals surface area contributed by atoms with Crippen molar-refractivity contribution in [3.05, 3.63) is 47.3 Å². The molecule has 1 aliphatic rings. The second kappa shape index (κ2) is 7.25. The van der Waals surface area contributed by atoms with Gasteiger partial charge < -0.3 is 10.2 Å². The average molecular weight is 328 g/mol. The van der Waals surface area contributed by atoms with E-state index in [1.807, 2.05) is 30.3 Å². The molecule has 1 aliphatic heterocycles. The van der Waals surface area contributed by atoms with Crippen molar-refractivity contribution in [2.45, 2.75) is 32.2 Å². The summed E-state index contributed by atoms with van der Waals surface area (Å²) in [6.07, 6.45) is 1.28. The third-order valence-electron chi connectivity index (χ3n) is 4.17. The van der Waals surface area contributed by atoms with Crippen molar-refractivity contribution in [3.8, 4) is 0 Å². The Kier molecular flexibility index (Phi) is 4.88. The lowest BCUT2D eigenvalue weighted by Crippen LogP contribution is -2.38. The smallest absolute Gasteiger partial charge is 0.226 e. The van der Waals surface area contributed by atoms with Gasteiger partial charge in [-0.3, -0.25) is 9.59 Å². The first-order valence-electron chi connectivity index (χ1n) is 8.01. The van der Waals surface area contributed by atoms with Gasteiger partial charge in [-0.15, -0.1) is 0 Å². The third kappa shape index (κ3) is 3.98. The molecule has 1 N–H and O–H groups in total. The Morgan fingerprint density at radius 1 is 1.33 bits per heavy atom. The maximum Gasteiger partial charge on any atom is 0.226 e. The molecular weight excluding hydrogens is 308 g/mol. The molecule has 1 atom stereocenters. The highest BCUT2D eigenvalue weighted by Gasteiger charge is 2.30. The molecule has 2 heterocycles. The highest BCUT2D eigenvalue weighted by Crippen LogP contribution is 2.13. The summed E-state index contributed by atoms with van der Waals surface area (Å²) in [5, 5.41) is 10.2. The van der Waals surface area contributed by atoms with Gasteiger partial charge in [-0.25, -0.2) is 4.63 Å². The fourth-order valence-electron chi connectivity index (χ4n) is 2.83. The molecule has 7 nitrogen and oxygen atoms in total. The number of aromatic nitrogens is 2. The molecule has 24 heavy (non-hydrogen) atoms. The first-order chi connectivity index (χ1) is 11.6. The van der Waals surface area contributed by atoms with E-state index >= 15 is 0 Å². The van der Waals surface area contributed by atoms with E-state index in [9.17, 15) is 9.59 Å². The maximum atomic E-state index is 12.1. The zero-order chi connectivity index (χ0) is 16.9. The number of amides is 2. The van der Waals surface area contributed by atoms with E-state index in [1.54, 1.807) is 11.8 Å². The number of carbonyl (C=O) groups excluding carboxylic acids is 2. The summed E-state index contributed by atoms with van der Waals surface area (Å²) in [6, 6.07) is 9.90. The second-order valence-electron chi connectivity index (χ2n) is 6.02. The Hall–Kier alpha value is -2.70. The fourth-order valence-corrected chi connectivity index (χ4v) is 2.83. The SMILES string of the molecule is Cc1nonc1CC(=O)N[C@H]1CC(=O)N(CCc2ccccc2)C1. The van der Waals surface area contributed by atoms with Crippen molar-refractivity contribution in [1.29, 1.82) is 0 Å². The van der Waals surface area contributed by atoms with Gasteiger partial charge in [0.1, 0.15) is 11.4 Å². The monoisotopic (exact) mass is 328 g/mol. The van der Waals surface area contributed by atoms with Gasteiger partial charge in [0.2, 0.25) is 11.8 Å². The number of nitrogens with zero attached hydrogens (tertiary/aromatic N) is 3. The van der Waals surface area contributed by atoms with Gasteiger partial charge in [0, 0.05) is 19.5 Å². The summed E-state index contributed by atoms with van der Waals surface area (Å²) >= 11 is 0. The van der Waals surface area contributed by atoms with Gasteiger partial charge in [0.05, 0.1) is 12.5 Å². The Morgan fingerprint density at radius 2 is 2.12 bits per heavy atom. The lowest BCUT2D eigenvalue weighted by molar-refractivity contribution is -0.127. The van der Waals surface area contributed by atoms with E-state index < -0.39 is 0 Å². The summed E-state index contributed by atoms with van der Waals surface area (Å²) in [6.45, 7) is 2.96. The predicted octanol–water partition coefficient (Wildman–Crippen LogP) is 0.880. The number of hydrogen-bond acceptors (Lipinski definition) is 5. The minimum absolute atomic E-state index is 0.0792. The molecule has 0 radical (unpaired) electrons. The van der Waals surface area contributed by atoms with Crippen LogP contribution in [0, 0.1) is 6.92 Å². The van der Waals surface area contributed by atoms with Crippen molar-refractivity contribution in [3.63, 3.8) is 0 Å². The van der Waals surface area contributed by atoms with Gasteiger partial charge in [0.15, 0.2) is 0 Å². The maximum absolute atomic E-state index is 12.1. The molecule has 2 aromatic rings. The van der Waals surface area contributed by atoms with Gasteiger partial charge in [-0.2, -0.15) is 0 Å². The lowest BCUT2D eigenvalue weighted by Gasteiger charge is -2.17. The van der Waals surface area contributed by atoms with Gasteiger partial charge in [-0.1, -0.05) is 40.6 Å². The fraction of sp³-hybridized carbons (Fsp3) is 0.412. The van der Waals surface area contributed by atoms with E-state index in [4.69, 9.17) is 0 Å². The van der Waals surface area contributed by atoms with Crippen LogP contribution in [0.4, 0.5) is 0 Å². The number of benzene rings is 1. The number of hydrogen-bond donors (Lipinski definition) is 1. The van der Waals surface area contributed by atoms with Crippen molar-refractivity contribution >= 4 is 11.8 Å². The van der Waals surface area contributed by atoms with Crippen molar-refractivity contribution in [2.24, 2.45) is 0 Å². The molecule has 7 heteroatoms. The Bertz CT molecular complexity index is 714. The number of rotatable bonds is 6.